The zero-order valence-corrected chi connectivity index (χ0v) is 11.8. The normalized spacial score (nSPS) is 16.8. The average Bonchev–Trinajstić information content (AvgIpc) is 3.20. The van der Waals surface area contributed by atoms with Gasteiger partial charge in [0.25, 0.3) is 0 Å². The summed E-state index contributed by atoms with van der Waals surface area (Å²) in [5.41, 5.74) is 1.24. The highest BCUT2D eigenvalue weighted by molar-refractivity contribution is 7.98. The molecule has 1 fully saturated rings. The molecule has 0 spiro atoms. The number of hydrogen-bond donors (Lipinski definition) is 1. The van der Waals surface area contributed by atoms with Crippen LogP contribution in [0, 0.1) is 11.7 Å². The fraction of sp³-hybridized carbons (Fsp3) is 0.600. The summed E-state index contributed by atoms with van der Waals surface area (Å²) in [6.07, 6.45) is 7.26. The van der Waals surface area contributed by atoms with Crippen LogP contribution in [0.1, 0.15) is 37.3 Å². The standard InChI is InChI=1S/C15H22FNS/c1-18-11-3-2-10-17-15(12-4-5-12)13-6-8-14(16)9-7-13/h6-9,12,15,17H,2-5,10-11H2,1H3. The molecular weight excluding hydrogens is 245 g/mol. The topological polar surface area (TPSA) is 12.0 Å². The second-order valence-corrected chi connectivity index (χ2v) is 6.01. The molecule has 18 heavy (non-hydrogen) atoms. The first-order valence-electron chi connectivity index (χ1n) is 6.79. The molecule has 3 heteroatoms. The Balaban J connectivity index is 1.82. The van der Waals surface area contributed by atoms with Crippen molar-refractivity contribution in [1.82, 2.24) is 5.32 Å². The molecule has 0 aromatic heterocycles. The van der Waals surface area contributed by atoms with Gasteiger partial charge in [0.1, 0.15) is 5.82 Å². The van der Waals surface area contributed by atoms with E-state index in [9.17, 15) is 4.39 Å². The van der Waals surface area contributed by atoms with Gasteiger partial charge in [0, 0.05) is 6.04 Å². The van der Waals surface area contributed by atoms with Crippen molar-refractivity contribution in [2.24, 2.45) is 5.92 Å². The van der Waals surface area contributed by atoms with Crippen molar-refractivity contribution < 1.29 is 4.39 Å². The molecule has 1 aliphatic rings. The number of hydrogen-bond acceptors (Lipinski definition) is 2. The van der Waals surface area contributed by atoms with Crippen LogP contribution in [-0.4, -0.2) is 18.6 Å². The highest BCUT2D eigenvalue weighted by atomic mass is 32.2. The first kappa shape index (κ1) is 13.9. The van der Waals surface area contributed by atoms with Crippen LogP contribution < -0.4 is 5.32 Å². The maximum absolute atomic E-state index is 12.9. The van der Waals surface area contributed by atoms with Crippen molar-refractivity contribution in [3.63, 3.8) is 0 Å². The molecule has 0 radical (unpaired) electrons. The Morgan fingerprint density at radius 3 is 2.61 bits per heavy atom. The first-order valence-corrected chi connectivity index (χ1v) is 8.18. The lowest BCUT2D eigenvalue weighted by atomic mass is 10.0. The summed E-state index contributed by atoms with van der Waals surface area (Å²) >= 11 is 1.91. The van der Waals surface area contributed by atoms with E-state index in [0.29, 0.717) is 6.04 Å². The van der Waals surface area contributed by atoms with Gasteiger partial charge in [0.05, 0.1) is 0 Å². The monoisotopic (exact) mass is 267 g/mol. The fourth-order valence-corrected chi connectivity index (χ4v) is 2.78. The Bertz CT molecular complexity index is 348. The zero-order valence-electron chi connectivity index (χ0n) is 11.0. The molecule has 2 rings (SSSR count). The number of rotatable bonds is 8. The third-order valence-corrected chi connectivity index (χ3v) is 4.16. The first-order chi connectivity index (χ1) is 8.81. The molecule has 100 valence electrons. The van der Waals surface area contributed by atoms with E-state index >= 15 is 0 Å². The summed E-state index contributed by atoms with van der Waals surface area (Å²) in [6, 6.07) is 7.42. The van der Waals surface area contributed by atoms with Crippen molar-refractivity contribution in [1.29, 1.82) is 0 Å². The van der Waals surface area contributed by atoms with E-state index in [1.54, 1.807) is 12.1 Å². The SMILES string of the molecule is CSCCCCNC(c1ccc(F)cc1)C1CC1. The number of benzene rings is 1. The Hall–Kier alpha value is -0.540. The van der Waals surface area contributed by atoms with Crippen molar-refractivity contribution in [3.05, 3.63) is 35.6 Å². The van der Waals surface area contributed by atoms with Gasteiger partial charge in [-0.1, -0.05) is 12.1 Å². The molecule has 1 aliphatic carbocycles. The molecule has 1 aromatic carbocycles. The summed E-state index contributed by atoms with van der Waals surface area (Å²) in [6.45, 7) is 1.07. The minimum atomic E-state index is -0.145. The molecular formula is C15H22FNS. The highest BCUT2D eigenvalue weighted by Gasteiger charge is 2.31. The van der Waals surface area contributed by atoms with Gasteiger partial charge in [-0.05, 0) is 67.9 Å². The molecule has 1 saturated carbocycles. The Morgan fingerprint density at radius 1 is 1.28 bits per heavy atom. The summed E-state index contributed by atoms with van der Waals surface area (Å²) in [7, 11) is 0. The number of halogens is 1. The van der Waals surface area contributed by atoms with Crippen LogP contribution in [0.3, 0.4) is 0 Å². The lowest BCUT2D eigenvalue weighted by Crippen LogP contribution is -2.24. The van der Waals surface area contributed by atoms with Gasteiger partial charge in [0.2, 0.25) is 0 Å². The van der Waals surface area contributed by atoms with Gasteiger partial charge >= 0.3 is 0 Å². The van der Waals surface area contributed by atoms with E-state index in [2.05, 4.69) is 11.6 Å². The maximum Gasteiger partial charge on any atom is 0.123 e. The van der Waals surface area contributed by atoms with Gasteiger partial charge in [-0.25, -0.2) is 4.39 Å². The second-order valence-electron chi connectivity index (χ2n) is 5.02. The van der Waals surface area contributed by atoms with E-state index in [1.807, 2.05) is 23.9 Å². The van der Waals surface area contributed by atoms with Crippen molar-refractivity contribution >= 4 is 11.8 Å². The van der Waals surface area contributed by atoms with Crippen LogP contribution in [0.4, 0.5) is 4.39 Å². The Kier molecular flexibility index (Phi) is 5.51. The molecule has 0 bridgehead atoms. The van der Waals surface area contributed by atoms with Gasteiger partial charge in [-0.15, -0.1) is 0 Å². The predicted octanol–water partition coefficient (Wildman–Crippen LogP) is 4.01. The minimum Gasteiger partial charge on any atom is -0.310 e. The largest absolute Gasteiger partial charge is 0.310 e. The molecule has 0 saturated heterocycles. The van der Waals surface area contributed by atoms with Crippen molar-refractivity contribution in [2.45, 2.75) is 31.7 Å². The van der Waals surface area contributed by atoms with E-state index in [1.165, 1.54) is 37.0 Å². The summed E-state index contributed by atoms with van der Waals surface area (Å²) < 4.78 is 12.9. The quantitative estimate of drug-likeness (QED) is 0.714. The second kappa shape index (κ2) is 7.15. The molecule has 1 unspecified atom stereocenters. The lowest BCUT2D eigenvalue weighted by Gasteiger charge is -2.18. The van der Waals surface area contributed by atoms with Gasteiger partial charge < -0.3 is 5.32 Å². The molecule has 0 amide bonds. The summed E-state index contributed by atoms with van der Waals surface area (Å²) in [5.74, 6) is 1.86. The van der Waals surface area contributed by atoms with Gasteiger partial charge in [-0.2, -0.15) is 11.8 Å². The third kappa shape index (κ3) is 4.29. The van der Waals surface area contributed by atoms with E-state index < -0.39 is 0 Å². The molecule has 0 heterocycles. The maximum atomic E-state index is 12.9. The Morgan fingerprint density at radius 2 is 2.00 bits per heavy atom. The van der Waals surface area contributed by atoms with Gasteiger partial charge in [0.15, 0.2) is 0 Å². The minimum absolute atomic E-state index is 0.145. The van der Waals surface area contributed by atoms with E-state index in [0.717, 1.165) is 12.5 Å². The van der Waals surface area contributed by atoms with Crippen LogP contribution in [-0.2, 0) is 0 Å². The van der Waals surface area contributed by atoms with Crippen molar-refractivity contribution in [2.75, 3.05) is 18.6 Å². The smallest absolute Gasteiger partial charge is 0.123 e. The highest BCUT2D eigenvalue weighted by Crippen LogP contribution is 2.40. The van der Waals surface area contributed by atoms with Crippen molar-refractivity contribution in [3.8, 4) is 0 Å². The number of unbranched alkanes of at least 4 members (excludes halogenated alkanes) is 1. The average molecular weight is 267 g/mol. The lowest BCUT2D eigenvalue weighted by molar-refractivity contribution is 0.473. The van der Waals surface area contributed by atoms with Crippen LogP contribution in [0.2, 0.25) is 0 Å². The predicted molar refractivity (Wildman–Crippen MR) is 77.5 cm³/mol. The molecule has 1 atom stereocenters. The molecule has 0 aliphatic heterocycles. The van der Waals surface area contributed by atoms with Crippen LogP contribution >= 0.6 is 11.8 Å². The molecule has 1 nitrogen and oxygen atoms in total. The molecule has 1 aromatic rings. The third-order valence-electron chi connectivity index (χ3n) is 3.46. The van der Waals surface area contributed by atoms with Crippen LogP contribution in [0.25, 0.3) is 0 Å². The summed E-state index contributed by atoms with van der Waals surface area (Å²) in [5, 5.41) is 3.64. The van der Waals surface area contributed by atoms with E-state index in [4.69, 9.17) is 0 Å². The van der Waals surface area contributed by atoms with Crippen LogP contribution in [0.15, 0.2) is 24.3 Å². The zero-order chi connectivity index (χ0) is 12.8. The van der Waals surface area contributed by atoms with Gasteiger partial charge in [-0.3, -0.25) is 0 Å². The molecule has 1 N–H and O–H groups in total. The van der Waals surface area contributed by atoms with E-state index in [-0.39, 0.29) is 5.82 Å². The fourth-order valence-electron chi connectivity index (χ4n) is 2.29. The number of thioether (sulfide) groups is 1. The Labute approximate surface area is 114 Å². The van der Waals surface area contributed by atoms with Crippen LogP contribution in [0.5, 0.6) is 0 Å². The summed E-state index contributed by atoms with van der Waals surface area (Å²) in [4.78, 5) is 0. The number of nitrogens with one attached hydrogen (secondary N) is 1.